The molecule has 1 aromatic rings. The molecule has 4 heteroatoms. The summed E-state index contributed by atoms with van der Waals surface area (Å²) in [4.78, 5) is 14.5. The Hall–Kier alpha value is -1.55. The molecule has 0 saturated heterocycles. The van der Waals surface area contributed by atoms with Crippen molar-refractivity contribution in [2.45, 2.75) is 39.2 Å². The Morgan fingerprint density at radius 2 is 2.05 bits per heavy atom. The summed E-state index contributed by atoms with van der Waals surface area (Å²) in [5, 5.41) is 2.72. The second-order valence-corrected chi connectivity index (χ2v) is 5.57. The number of rotatable bonds is 6. The third-order valence-corrected chi connectivity index (χ3v) is 4.01. The van der Waals surface area contributed by atoms with E-state index < -0.39 is 0 Å². The molecule has 1 heterocycles. The van der Waals surface area contributed by atoms with Crippen LogP contribution in [0.15, 0.2) is 18.2 Å². The van der Waals surface area contributed by atoms with Crippen molar-refractivity contribution >= 4 is 5.91 Å². The van der Waals surface area contributed by atoms with Crippen LogP contribution in [0.1, 0.15) is 42.6 Å². The van der Waals surface area contributed by atoms with Crippen LogP contribution in [-0.4, -0.2) is 43.6 Å². The standard InChI is InChI=1S/C17H26N2O2/c1-4-9-19(10-5-2)13-11-15-14(17(20)18-3)7-6-8-16(15)21-12-13/h6-8,13H,4-5,9-12H2,1-3H3,(H,18,20). The fraction of sp³-hybridized carbons (Fsp3) is 0.588. The Balaban J connectivity index is 2.23. The Morgan fingerprint density at radius 3 is 2.67 bits per heavy atom. The molecule has 0 saturated carbocycles. The highest BCUT2D eigenvalue weighted by atomic mass is 16.5. The van der Waals surface area contributed by atoms with E-state index in [1.54, 1.807) is 7.05 Å². The number of fused-ring (bicyclic) bond motifs is 1. The van der Waals surface area contributed by atoms with E-state index in [9.17, 15) is 4.79 Å². The monoisotopic (exact) mass is 290 g/mol. The molecule has 1 amide bonds. The molecule has 1 atom stereocenters. The first kappa shape index (κ1) is 15.8. The first-order valence-electron chi connectivity index (χ1n) is 7.92. The van der Waals surface area contributed by atoms with Gasteiger partial charge >= 0.3 is 0 Å². The van der Waals surface area contributed by atoms with Crippen molar-refractivity contribution in [3.8, 4) is 5.75 Å². The quantitative estimate of drug-likeness (QED) is 0.875. The highest BCUT2D eigenvalue weighted by Crippen LogP contribution is 2.29. The number of hydrogen-bond donors (Lipinski definition) is 1. The second kappa shape index (κ2) is 7.46. The van der Waals surface area contributed by atoms with Crippen molar-refractivity contribution < 1.29 is 9.53 Å². The van der Waals surface area contributed by atoms with E-state index in [2.05, 4.69) is 24.1 Å². The average molecular weight is 290 g/mol. The maximum atomic E-state index is 12.0. The minimum Gasteiger partial charge on any atom is -0.492 e. The summed E-state index contributed by atoms with van der Waals surface area (Å²) in [6.07, 6.45) is 3.17. The van der Waals surface area contributed by atoms with E-state index >= 15 is 0 Å². The van der Waals surface area contributed by atoms with Gasteiger partial charge < -0.3 is 10.1 Å². The molecular weight excluding hydrogens is 264 g/mol. The lowest BCUT2D eigenvalue weighted by atomic mass is 9.95. The molecule has 1 aliphatic rings. The highest BCUT2D eigenvalue weighted by molar-refractivity contribution is 5.96. The van der Waals surface area contributed by atoms with Crippen LogP contribution in [0.3, 0.4) is 0 Å². The fourth-order valence-corrected chi connectivity index (χ4v) is 3.03. The van der Waals surface area contributed by atoms with E-state index in [-0.39, 0.29) is 5.91 Å². The molecule has 0 fully saturated rings. The fourth-order valence-electron chi connectivity index (χ4n) is 3.03. The number of hydrogen-bond acceptors (Lipinski definition) is 3. The molecule has 0 radical (unpaired) electrons. The van der Waals surface area contributed by atoms with Gasteiger partial charge in [-0.05, 0) is 44.5 Å². The van der Waals surface area contributed by atoms with Crippen molar-refractivity contribution in [1.29, 1.82) is 0 Å². The maximum absolute atomic E-state index is 12.0. The van der Waals surface area contributed by atoms with Crippen LogP contribution in [0, 0.1) is 0 Å². The van der Waals surface area contributed by atoms with Gasteiger partial charge in [-0.25, -0.2) is 0 Å². The predicted octanol–water partition coefficient (Wildman–Crippen LogP) is 2.47. The number of nitrogens with zero attached hydrogens (tertiary/aromatic N) is 1. The molecule has 1 N–H and O–H groups in total. The SMILES string of the molecule is CCCN(CCC)C1COc2cccc(C(=O)NC)c2C1. The summed E-state index contributed by atoms with van der Waals surface area (Å²) < 4.78 is 5.92. The van der Waals surface area contributed by atoms with Gasteiger partial charge in [0.05, 0.1) is 0 Å². The zero-order valence-corrected chi connectivity index (χ0v) is 13.3. The summed E-state index contributed by atoms with van der Waals surface area (Å²) in [6, 6.07) is 6.10. The summed E-state index contributed by atoms with van der Waals surface area (Å²) in [5.74, 6) is 0.828. The molecule has 0 aliphatic carbocycles. The van der Waals surface area contributed by atoms with E-state index in [0.717, 1.165) is 49.2 Å². The number of ether oxygens (including phenoxy) is 1. The van der Waals surface area contributed by atoms with Crippen LogP contribution in [0.5, 0.6) is 5.75 Å². The van der Waals surface area contributed by atoms with Gasteiger partial charge in [0.1, 0.15) is 12.4 Å². The zero-order valence-electron chi connectivity index (χ0n) is 13.3. The van der Waals surface area contributed by atoms with Crippen molar-refractivity contribution in [2.75, 3.05) is 26.7 Å². The summed E-state index contributed by atoms with van der Waals surface area (Å²) in [7, 11) is 1.67. The molecule has 1 aromatic carbocycles. The number of carbonyl (C=O) groups is 1. The largest absolute Gasteiger partial charge is 0.492 e. The third-order valence-electron chi connectivity index (χ3n) is 4.01. The summed E-state index contributed by atoms with van der Waals surface area (Å²) in [5.41, 5.74) is 1.79. The molecular formula is C17H26N2O2. The van der Waals surface area contributed by atoms with Crippen LogP contribution in [0.2, 0.25) is 0 Å². The van der Waals surface area contributed by atoms with Gasteiger partial charge in [0, 0.05) is 24.2 Å². The molecule has 0 spiro atoms. The first-order valence-corrected chi connectivity index (χ1v) is 7.92. The van der Waals surface area contributed by atoms with E-state index in [0.29, 0.717) is 12.6 Å². The van der Waals surface area contributed by atoms with E-state index in [4.69, 9.17) is 4.74 Å². The first-order chi connectivity index (χ1) is 10.2. The molecule has 0 aromatic heterocycles. The maximum Gasteiger partial charge on any atom is 0.251 e. The highest BCUT2D eigenvalue weighted by Gasteiger charge is 2.27. The lowest BCUT2D eigenvalue weighted by Gasteiger charge is -2.35. The van der Waals surface area contributed by atoms with Crippen molar-refractivity contribution in [3.05, 3.63) is 29.3 Å². The minimum absolute atomic E-state index is 0.0337. The third kappa shape index (κ3) is 3.56. The number of carbonyl (C=O) groups excluding carboxylic acids is 1. The van der Waals surface area contributed by atoms with Crippen molar-refractivity contribution in [3.63, 3.8) is 0 Å². The van der Waals surface area contributed by atoms with Crippen LogP contribution in [0.25, 0.3) is 0 Å². The van der Waals surface area contributed by atoms with Crippen molar-refractivity contribution in [2.24, 2.45) is 0 Å². The van der Waals surface area contributed by atoms with Gasteiger partial charge in [-0.3, -0.25) is 9.69 Å². The van der Waals surface area contributed by atoms with Crippen LogP contribution < -0.4 is 10.1 Å². The Labute approximate surface area is 127 Å². The molecule has 4 nitrogen and oxygen atoms in total. The molecule has 0 bridgehead atoms. The average Bonchev–Trinajstić information content (AvgIpc) is 2.53. The van der Waals surface area contributed by atoms with Crippen LogP contribution in [0.4, 0.5) is 0 Å². The van der Waals surface area contributed by atoms with Crippen molar-refractivity contribution in [1.82, 2.24) is 10.2 Å². The zero-order chi connectivity index (χ0) is 15.2. The van der Waals surface area contributed by atoms with Gasteiger partial charge in [0.2, 0.25) is 0 Å². The summed E-state index contributed by atoms with van der Waals surface area (Å²) in [6.45, 7) is 7.29. The van der Waals surface area contributed by atoms with Gasteiger partial charge in [-0.15, -0.1) is 0 Å². The normalized spacial score (nSPS) is 17.2. The van der Waals surface area contributed by atoms with Crippen LogP contribution >= 0.6 is 0 Å². The van der Waals surface area contributed by atoms with E-state index in [1.807, 2.05) is 18.2 Å². The molecule has 1 aliphatic heterocycles. The lowest BCUT2D eigenvalue weighted by molar-refractivity contribution is 0.0952. The lowest BCUT2D eigenvalue weighted by Crippen LogP contribution is -2.44. The summed E-state index contributed by atoms with van der Waals surface area (Å²) >= 11 is 0. The number of benzene rings is 1. The topological polar surface area (TPSA) is 41.6 Å². The van der Waals surface area contributed by atoms with Gasteiger partial charge in [-0.1, -0.05) is 19.9 Å². The molecule has 2 rings (SSSR count). The number of amides is 1. The molecule has 21 heavy (non-hydrogen) atoms. The molecule has 116 valence electrons. The van der Waals surface area contributed by atoms with E-state index in [1.165, 1.54) is 0 Å². The smallest absolute Gasteiger partial charge is 0.251 e. The second-order valence-electron chi connectivity index (χ2n) is 5.57. The molecule has 1 unspecified atom stereocenters. The Bertz CT molecular complexity index is 482. The Kier molecular flexibility index (Phi) is 5.62. The van der Waals surface area contributed by atoms with Crippen LogP contribution in [-0.2, 0) is 6.42 Å². The minimum atomic E-state index is -0.0337. The Morgan fingerprint density at radius 1 is 1.33 bits per heavy atom. The van der Waals surface area contributed by atoms with Gasteiger partial charge in [0.25, 0.3) is 5.91 Å². The van der Waals surface area contributed by atoms with Gasteiger partial charge in [0.15, 0.2) is 0 Å². The number of nitrogens with one attached hydrogen (secondary N) is 1. The van der Waals surface area contributed by atoms with Gasteiger partial charge in [-0.2, -0.15) is 0 Å². The predicted molar refractivity (Wildman–Crippen MR) is 85.0 cm³/mol.